The van der Waals surface area contributed by atoms with Crippen LogP contribution in [0.15, 0.2) is 54.6 Å². The molecule has 29 heavy (non-hydrogen) atoms. The highest BCUT2D eigenvalue weighted by molar-refractivity contribution is 6.30. The van der Waals surface area contributed by atoms with Crippen molar-refractivity contribution in [1.82, 2.24) is 10.2 Å². The Bertz CT molecular complexity index is 816. The van der Waals surface area contributed by atoms with Crippen molar-refractivity contribution in [3.05, 3.63) is 65.2 Å². The van der Waals surface area contributed by atoms with E-state index in [2.05, 4.69) is 36.2 Å². The molecule has 1 aliphatic heterocycles. The molecule has 1 atom stereocenters. The number of para-hydroxylation sites is 1. The Balaban J connectivity index is 1.63. The van der Waals surface area contributed by atoms with Crippen LogP contribution in [0.4, 0.5) is 5.69 Å². The molecule has 6 heteroatoms. The van der Waals surface area contributed by atoms with E-state index in [-0.39, 0.29) is 11.8 Å². The van der Waals surface area contributed by atoms with Crippen LogP contribution in [-0.2, 0) is 4.79 Å². The summed E-state index contributed by atoms with van der Waals surface area (Å²) < 4.78 is 0. The third-order valence-electron chi connectivity index (χ3n) is 5.13. The number of rotatable bonds is 6. The Kier molecular flexibility index (Phi) is 7.15. The number of carbonyl (C=O) groups excluding carboxylic acids is 2. The summed E-state index contributed by atoms with van der Waals surface area (Å²) in [6, 6.07) is 16.4. The largest absolute Gasteiger partial charge is 0.368 e. The molecule has 1 N–H and O–H groups in total. The second-order valence-corrected chi connectivity index (χ2v) is 8.25. The Morgan fingerprint density at radius 2 is 1.59 bits per heavy atom. The van der Waals surface area contributed by atoms with Crippen LogP contribution in [0, 0.1) is 5.92 Å². The normalized spacial score (nSPS) is 15.3. The maximum absolute atomic E-state index is 13.2. The summed E-state index contributed by atoms with van der Waals surface area (Å²) in [6.45, 7) is 6.99. The van der Waals surface area contributed by atoms with Crippen molar-refractivity contribution < 1.29 is 9.59 Å². The van der Waals surface area contributed by atoms with Gasteiger partial charge >= 0.3 is 0 Å². The summed E-state index contributed by atoms with van der Waals surface area (Å²) in [6.07, 6.45) is 0.608. The first kappa shape index (κ1) is 21.2. The molecule has 1 fully saturated rings. The molecule has 3 rings (SSSR count). The number of benzene rings is 2. The van der Waals surface area contributed by atoms with Crippen molar-refractivity contribution in [3.63, 3.8) is 0 Å². The Labute approximate surface area is 177 Å². The van der Waals surface area contributed by atoms with Gasteiger partial charge in [0.1, 0.15) is 6.04 Å². The lowest BCUT2D eigenvalue weighted by Gasteiger charge is -2.38. The number of piperazine rings is 1. The van der Waals surface area contributed by atoms with Crippen molar-refractivity contribution >= 4 is 29.1 Å². The van der Waals surface area contributed by atoms with E-state index in [1.807, 2.05) is 23.1 Å². The minimum absolute atomic E-state index is 0.00581. The average Bonchev–Trinajstić information content (AvgIpc) is 2.73. The van der Waals surface area contributed by atoms with Gasteiger partial charge < -0.3 is 15.1 Å². The molecule has 0 spiro atoms. The van der Waals surface area contributed by atoms with E-state index in [9.17, 15) is 9.59 Å². The number of halogens is 1. The van der Waals surface area contributed by atoms with E-state index in [0.29, 0.717) is 36.0 Å². The topological polar surface area (TPSA) is 52.7 Å². The van der Waals surface area contributed by atoms with Crippen LogP contribution in [0.1, 0.15) is 30.6 Å². The number of hydrogen-bond donors (Lipinski definition) is 1. The quantitative estimate of drug-likeness (QED) is 0.782. The first-order valence-corrected chi connectivity index (χ1v) is 10.5. The average molecular weight is 414 g/mol. The fourth-order valence-electron chi connectivity index (χ4n) is 3.58. The molecule has 5 nitrogen and oxygen atoms in total. The lowest BCUT2D eigenvalue weighted by Crippen LogP contribution is -2.55. The fourth-order valence-corrected chi connectivity index (χ4v) is 3.71. The van der Waals surface area contributed by atoms with Gasteiger partial charge in [0, 0.05) is 42.5 Å². The van der Waals surface area contributed by atoms with E-state index < -0.39 is 6.04 Å². The minimum Gasteiger partial charge on any atom is -0.368 e. The third kappa shape index (κ3) is 5.73. The molecule has 154 valence electrons. The molecule has 1 heterocycles. The van der Waals surface area contributed by atoms with Crippen LogP contribution in [0.3, 0.4) is 0 Å². The Hall–Kier alpha value is -2.53. The monoisotopic (exact) mass is 413 g/mol. The molecule has 0 aliphatic carbocycles. The maximum atomic E-state index is 13.2. The third-order valence-corrected chi connectivity index (χ3v) is 5.38. The van der Waals surface area contributed by atoms with Crippen LogP contribution in [0.5, 0.6) is 0 Å². The number of nitrogens with one attached hydrogen (secondary N) is 1. The van der Waals surface area contributed by atoms with Gasteiger partial charge in [-0.25, -0.2) is 0 Å². The first-order chi connectivity index (χ1) is 13.9. The van der Waals surface area contributed by atoms with Gasteiger partial charge in [0.05, 0.1) is 0 Å². The van der Waals surface area contributed by atoms with Crippen molar-refractivity contribution in [2.45, 2.75) is 26.3 Å². The number of nitrogens with zero attached hydrogens (tertiary/aromatic N) is 2. The zero-order chi connectivity index (χ0) is 20.8. The van der Waals surface area contributed by atoms with Gasteiger partial charge in [0.25, 0.3) is 5.91 Å². The lowest BCUT2D eigenvalue weighted by molar-refractivity contribution is -0.134. The van der Waals surface area contributed by atoms with Crippen LogP contribution in [-0.4, -0.2) is 48.9 Å². The Morgan fingerprint density at radius 3 is 2.17 bits per heavy atom. The Morgan fingerprint density at radius 1 is 0.966 bits per heavy atom. The molecule has 0 bridgehead atoms. The molecule has 2 amide bonds. The zero-order valence-corrected chi connectivity index (χ0v) is 17.7. The summed E-state index contributed by atoms with van der Waals surface area (Å²) in [7, 11) is 0. The summed E-state index contributed by atoms with van der Waals surface area (Å²) in [4.78, 5) is 30.0. The summed E-state index contributed by atoms with van der Waals surface area (Å²) >= 11 is 5.90. The summed E-state index contributed by atoms with van der Waals surface area (Å²) in [5.41, 5.74) is 1.68. The number of carbonyl (C=O) groups is 2. The molecule has 0 aromatic heterocycles. The van der Waals surface area contributed by atoms with Crippen LogP contribution in [0.25, 0.3) is 0 Å². The van der Waals surface area contributed by atoms with Gasteiger partial charge in [0.2, 0.25) is 5.91 Å². The minimum atomic E-state index is -0.526. The van der Waals surface area contributed by atoms with Gasteiger partial charge in [0.15, 0.2) is 0 Å². The SMILES string of the molecule is CC(C)C[C@@H](NC(=O)c1ccc(Cl)cc1)C(=O)N1CCN(c2ccccc2)CC1. The highest BCUT2D eigenvalue weighted by atomic mass is 35.5. The fraction of sp³-hybridized carbons (Fsp3) is 0.391. The van der Waals surface area contributed by atoms with Crippen LogP contribution in [0.2, 0.25) is 5.02 Å². The van der Waals surface area contributed by atoms with Crippen LogP contribution < -0.4 is 10.2 Å². The van der Waals surface area contributed by atoms with Crippen molar-refractivity contribution in [2.24, 2.45) is 5.92 Å². The van der Waals surface area contributed by atoms with Crippen molar-refractivity contribution in [2.75, 3.05) is 31.1 Å². The van der Waals surface area contributed by atoms with Gasteiger partial charge in [-0.2, -0.15) is 0 Å². The highest BCUT2D eigenvalue weighted by Crippen LogP contribution is 2.17. The maximum Gasteiger partial charge on any atom is 0.251 e. The molecule has 0 saturated carbocycles. The molecule has 0 radical (unpaired) electrons. The number of anilines is 1. The molecule has 1 saturated heterocycles. The highest BCUT2D eigenvalue weighted by Gasteiger charge is 2.29. The first-order valence-electron chi connectivity index (χ1n) is 10.1. The van der Waals surface area contributed by atoms with E-state index in [4.69, 9.17) is 11.6 Å². The van der Waals surface area contributed by atoms with E-state index in [1.54, 1.807) is 24.3 Å². The summed E-state index contributed by atoms with van der Waals surface area (Å²) in [5, 5.41) is 3.51. The van der Waals surface area contributed by atoms with Gasteiger partial charge in [-0.15, -0.1) is 0 Å². The van der Waals surface area contributed by atoms with Crippen molar-refractivity contribution in [3.8, 4) is 0 Å². The molecular weight excluding hydrogens is 386 g/mol. The van der Waals surface area contributed by atoms with Gasteiger partial charge in [-0.05, 0) is 48.7 Å². The van der Waals surface area contributed by atoms with Gasteiger partial charge in [-0.1, -0.05) is 43.6 Å². The smallest absolute Gasteiger partial charge is 0.251 e. The van der Waals surface area contributed by atoms with Crippen molar-refractivity contribution in [1.29, 1.82) is 0 Å². The predicted octanol–water partition coefficient (Wildman–Crippen LogP) is 3.83. The second-order valence-electron chi connectivity index (χ2n) is 7.81. The molecular formula is C23H28ClN3O2. The van der Waals surface area contributed by atoms with E-state index >= 15 is 0 Å². The second kappa shape index (κ2) is 9.79. The molecule has 0 unspecified atom stereocenters. The van der Waals surface area contributed by atoms with E-state index in [0.717, 1.165) is 13.1 Å². The van der Waals surface area contributed by atoms with Crippen LogP contribution >= 0.6 is 11.6 Å². The zero-order valence-electron chi connectivity index (χ0n) is 17.0. The molecule has 2 aromatic rings. The summed E-state index contributed by atoms with van der Waals surface area (Å²) in [5.74, 6) is 0.0392. The van der Waals surface area contributed by atoms with Gasteiger partial charge in [-0.3, -0.25) is 9.59 Å². The predicted molar refractivity (Wildman–Crippen MR) is 117 cm³/mol. The molecule has 1 aliphatic rings. The standard InChI is InChI=1S/C23H28ClN3O2/c1-17(2)16-21(25-22(28)18-8-10-19(24)11-9-18)23(29)27-14-12-26(13-15-27)20-6-4-3-5-7-20/h3-11,17,21H,12-16H2,1-2H3,(H,25,28)/t21-/m1/s1. The molecule has 2 aromatic carbocycles. The number of hydrogen-bond acceptors (Lipinski definition) is 3. The van der Waals surface area contributed by atoms with E-state index in [1.165, 1.54) is 5.69 Å². The lowest BCUT2D eigenvalue weighted by atomic mass is 10.0. The number of amides is 2.